The minimum absolute atomic E-state index is 0.142. The minimum Gasteiger partial charge on any atom is -0.345 e. The number of imidazole rings is 1. The van der Waals surface area contributed by atoms with E-state index in [0.29, 0.717) is 12.1 Å². The van der Waals surface area contributed by atoms with E-state index in [0.717, 1.165) is 17.2 Å². The molecule has 1 heterocycles. The van der Waals surface area contributed by atoms with Crippen LogP contribution in [0.15, 0.2) is 12.2 Å². The number of carbonyl (C=O) groups excluding carboxylic acids is 1. The second-order valence-electron chi connectivity index (χ2n) is 3.36. The number of nitrogens with zero attached hydrogens (tertiary/aromatic N) is 1. The first-order valence-corrected chi connectivity index (χ1v) is 4.46. The van der Waals surface area contributed by atoms with Gasteiger partial charge in [0.15, 0.2) is 0 Å². The molecule has 14 heavy (non-hydrogen) atoms. The molecule has 0 aromatic carbocycles. The summed E-state index contributed by atoms with van der Waals surface area (Å²) < 4.78 is 0. The molecule has 0 aliphatic heterocycles. The van der Waals surface area contributed by atoms with Crippen LogP contribution in [-0.4, -0.2) is 15.9 Å². The molecule has 76 valence electrons. The fourth-order valence-electron chi connectivity index (χ4n) is 1.02. The molecule has 0 fully saturated rings. The summed E-state index contributed by atoms with van der Waals surface area (Å²) in [6.07, 6.45) is 0. The van der Waals surface area contributed by atoms with Gasteiger partial charge in [0.2, 0.25) is 5.91 Å². The van der Waals surface area contributed by atoms with Gasteiger partial charge < -0.3 is 10.3 Å². The lowest BCUT2D eigenvalue weighted by atomic mass is 10.3. The summed E-state index contributed by atoms with van der Waals surface area (Å²) in [5.41, 5.74) is 2.50. The van der Waals surface area contributed by atoms with Crippen LogP contribution in [0.3, 0.4) is 0 Å². The van der Waals surface area contributed by atoms with Crippen molar-refractivity contribution in [1.29, 1.82) is 0 Å². The highest BCUT2D eigenvalue weighted by Gasteiger charge is 2.04. The maximum Gasteiger partial charge on any atom is 0.246 e. The smallest absolute Gasteiger partial charge is 0.246 e. The summed E-state index contributed by atoms with van der Waals surface area (Å²) in [4.78, 5) is 18.5. The normalized spacial score (nSPS) is 9.93. The van der Waals surface area contributed by atoms with Gasteiger partial charge in [0.1, 0.15) is 5.82 Å². The Bertz CT molecular complexity index is 346. The van der Waals surface area contributed by atoms with Gasteiger partial charge in [-0.2, -0.15) is 0 Å². The molecule has 2 N–H and O–H groups in total. The van der Waals surface area contributed by atoms with E-state index < -0.39 is 0 Å². The molecule has 4 nitrogen and oxygen atoms in total. The Balaban J connectivity index is 2.54. The third kappa shape index (κ3) is 2.45. The molecule has 1 amide bonds. The molecule has 0 bridgehead atoms. The molecule has 0 saturated carbocycles. The molecule has 1 aromatic heterocycles. The number of H-pyrrole nitrogens is 1. The maximum atomic E-state index is 11.2. The SMILES string of the molecule is C=C(C)C(=O)NCc1nc(C)c(C)[nH]1. The van der Waals surface area contributed by atoms with Gasteiger partial charge in [-0.25, -0.2) is 4.98 Å². The van der Waals surface area contributed by atoms with Gasteiger partial charge in [0, 0.05) is 11.3 Å². The van der Waals surface area contributed by atoms with Crippen molar-refractivity contribution in [3.63, 3.8) is 0 Å². The number of aromatic amines is 1. The fraction of sp³-hybridized carbons (Fsp3) is 0.400. The Morgan fingerprint density at radius 3 is 2.64 bits per heavy atom. The van der Waals surface area contributed by atoms with Gasteiger partial charge in [-0.15, -0.1) is 0 Å². The van der Waals surface area contributed by atoms with Crippen molar-refractivity contribution < 1.29 is 4.79 Å². The zero-order valence-corrected chi connectivity index (χ0v) is 8.77. The molecule has 0 spiro atoms. The molecular formula is C10H15N3O. The topological polar surface area (TPSA) is 57.8 Å². The zero-order chi connectivity index (χ0) is 10.7. The molecule has 0 aliphatic rings. The molecule has 0 unspecified atom stereocenters. The van der Waals surface area contributed by atoms with Crippen LogP contribution in [0, 0.1) is 13.8 Å². The standard InChI is InChI=1S/C10H15N3O/c1-6(2)10(14)11-5-9-12-7(3)8(4)13-9/h1,5H2,2-4H3,(H,11,14)(H,12,13). The van der Waals surface area contributed by atoms with Crippen LogP contribution in [0.5, 0.6) is 0 Å². The second kappa shape index (κ2) is 4.09. The number of amides is 1. The first kappa shape index (κ1) is 10.5. The molecule has 0 radical (unpaired) electrons. The van der Waals surface area contributed by atoms with E-state index in [2.05, 4.69) is 21.9 Å². The number of aromatic nitrogens is 2. The highest BCUT2D eigenvalue weighted by Crippen LogP contribution is 2.02. The largest absolute Gasteiger partial charge is 0.345 e. The van der Waals surface area contributed by atoms with Gasteiger partial charge in [0.25, 0.3) is 0 Å². The number of aryl methyl sites for hydroxylation is 2. The summed E-state index contributed by atoms with van der Waals surface area (Å²) in [5, 5.41) is 2.71. The molecule has 0 aliphatic carbocycles. The lowest BCUT2D eigenvalue weighted by Gasteiger charge is -2.01. The Kier molecular flexibility index (Phi) is 3.06. The molecule has 0 saturated heterocycles. The minimum atomic E-state index is -0.142. The summed E-state index contributed by atoms with van der Waals surface area (Å²) in [5.74, 6) is 0.631. The highest BCUT2D eigenvalue weighted by molar-refractivity contribution is 5.91. The Morgan fingerprint density at radius 2 is 2.21 bits per heavy atom. The average Bonchev–Trinajstić information content (AvgIpc) is 2.42. The zero-order valence-electron chi connectivity index (χ0n) is 8.77. The number of carbonyl (C=O) groups is 1. The summed E-state index contributed by atoms with van der Waals surface area (Å²) >= 11 is 0. The number of hydrogen-bond donors (Lipinski definition) is 2. The van der Waals surface area contributed by atoms with Crippen LogP contribution in [0.1, 0.15) is 24.1 Å². The summed E-state index contributed by atoms with van der Waals surface area (Å²) in [6, 6.07) is 0. The first-order valence-electron chi connectivity index (χ1n) is 4.46. The van der Waals surface area contributed by atoms with Crippen molar-refractivity contribution in [2.45, 2.75) is 27.3 Å². The Hall–Kier alpha value is -1.58. The molecule has 4 heteroatoms. The van der Waals surface area contributed by atoms with Gasteiger partial charge >= 0.3 is 0 Å². The highest BCUT2D eigenvalue weighted by atomic mass is 16.1. The third-order valence-corrected chi connectivity index (χ3v) is 1.98. The Morgan fingerprint density at radius 1 is 1.57 bits per heavy atom. The number of hydrogen-bond acceptors (Lipinski definition) is 2. The average molecular weight is 193 g/mol. The monoisotopic (exact) mass is 193 g/mol. The molecular weight excluding hydrogens is 178 g/mol. The predicted molar refractivity (Wildman–Crippen MR) is 54.7 cm³/mol. The van der Waals surface area contributed by atoms with E-state index in [-0.39, 0.29) is 5.91 Å². The van der Waals surface area contributed by atoms with Crippen LogP contribution < -0.4 is 5.32 Å². The number of nitrogens with one attached hydrogen (secondary N) is 2. The van der Waals surface area contributed by atoms with Crippen LogP contribution in [0.25, 0.3) is 0 Å². The molecule has 1 aromatic rings. The van der Waals surface area contributed by atoms with Crippen molar-refractivity contribution in [3.05, 3.63) is 29.4 Å². The lowest BCUT2D eigenvalue weighted by Crippen LogP contribution is -2.23. The second-order valence-corrected chi connectivity index (χ2v) is 3.36. The van der Waals surface area contributed by atoms with Gasteiger partial charge in [-0.3, -0.25) is 4.79 Å². The van der Waals surface area contributed by atoms with Crippen molar-refractivity contribution in [3.8, 4) is 0 Å². The van der Waals surface area contributed by atoms with Crippen molar-refractivity contribution in [2.75, 3.05) is 0 Å². The molecule has 0 atom stereocenters. The van der Waals surface area contributed by atoms with Crippen molar-refractivity contribution in [1.82, 2.24) is 15.3 Å². The first-order chi connectivity index (χ1) is 6.50. The van der Waals surface area contributed by atoms with E-state index in [1.54, 1.807) is 6.92 Å². The lowest BCUT2D eigenvalue weighted by molar-refractivity contribution is -0.117. The van der Waals surface area contributed by atoms with Crippen molar-refractivity contribution >= 4 is 5.91 Å². The van der Waals surface area contributed by atoms with E-state index in [1.807, 2.05) is 13.8 Å². The summed E-state index contributed by atoms with van der Waals surface area (Å²) in [7, 11) is 0. The van der Waals surface area contributed by atoms with E-state index in [1.165, 1.54) is 0 Å². The van der Waals surface area contributed by atoms with E-state index in [4.69, 9.17) is 0 Å². The van der Waals surface area contributed by atoms with Crippen molar-refractivity contribution in [2.24, 2.45) is 0 Å². The maximum absolute atomic E-state index is 11.2. The molecule has 1 rings (SSSR count). The third-order valence-electron chi connectivity index (χ3n) is 1.98. The van der Waals surface area contributed by atoms with Gasteiger partial charge in [-0.1, -0.05) is 6.58 Å². The van der Waals surface area contributed by atoms with E-state index >= 15 is 0 Å². The summed E-state index contributed by atoms with van der Waals surface area (Å²) in [6.45, 7) is 9.52. The van der Waals surface area contributed by atoms with Crippen LogP contribution >= 0.6 is 0 Å². The fourth-order valence-corrected chi connectivity index (χ4v) is 1.02. The van der Waals surface area contributed by atoms with Gasteiger partial charge in [0.05, 0.1) is 12.2 Å². The van der Waals surface area contributed by atoms with Crippen LogP contribution in [0.4, 0.5) is 0 Å². The van der Waals surface area contributed by atoms with Crippen LogP contribution in [0.2, 0.25) is 0 Å². The quantitative estimate of drug-likeness (QED) is 0.709. The number of rotatable bonds is 3. The predicted octanol–water partition coefficient (Wildman–Crippen LogP) is 1.22. The van der Waals surface area contributed by atoms with E-state index in [9.17, 15) is 4.79 Å². The van der Waals surface area contributed by atoms with Gasteiger partial charge in [-0.05, 0) is 20.8 Å². The van der Waals surface area contributed by atoms with Crippen LogP contribution in [-0.2, 0) is 11.3 Å². The Labute approximate surface area is 83.4 Å².